The number of amides is 1. The van der Waals surface area contributed by atoms with Gasteiger partial charge in [-0.2, -0.15) is 0 Å². The number of nitrogens with one attached hydrogen (secondary N) is 1. The lowest BCUT2D eigenvalue weighted by molar-refractivity contribution is -0.138. The van der Waals surface area contributed by atoms with E-state index in [1.807, 2.05) is 74.8 Å². The van der Waals surface area contributed by atoms with E-state index in [0.29, 0.717) is 35.5 Å². The molecule has 1 fully saturated rings. The van der Waals surface area contributed by atoms with E-state index < -0.39 is 17.8 Å². The van der Waals surface area contributed by atoms with Gasteiger partial charge in [0.05, 0.1) is 29.4 Å². The van der Waals surface area contributed by atoms with Gasteiger partial charge in [0, 0.05) is 42.4 Å². The predicted molar refractivity (Wildman–Crippen MR) is 225 cm³/mol. The van der Waals surface area contributed by atoms with Crippen molar-refractivity contribution < 1.29 is 14.3 Å². The van der Waals surface area contributed by atoms with Crippen molar-refractivity contribution in [2.45, 2.75) is 71.6 Å². The quantitative estimate of drug-likeness (QED) is 0.116. The number of nitrogens with zero attached hydrogens (tertiary/aromatic N) is 4. The Kier molecular flexibility index (Phi) is 12.2. The molecule has 3 aliphatic rings. The molecule has 1 aliphatic carbocycles. The molecule has 56 heavy (non-hydrogen) atoms. The highest BCUT2D eigenvalue weighted by Gasteiger charge is 2.45. The molecular weight excluding hydrogens is 695 g/mol. The molecule has 0 spiro atoms. The SMILES string of the molecule is CCOC(=O)C1=CC2=C(C(C(=Nc3ccc(CN4C(C)CCCC4C)cc3)c3ccccc3)C1)C(C(=Nc1ccc(CN(C)C)cc1)c1ccccc1)C(=O)N2. The summed E-state index contributed by atoms with van der Waals surface area (Å²) in [5.74, 6) is -1.75. The molecule has 4 aromatic carbocycles. The number of carbonyl (C=O) groups excluding carboxylic acids is 2. The molecule has 0 radical (unpaired) electrons. The molecule has 0 saturated carbocycles. The van der Waals surface area contributed by atoms with Crippen LogP contribution in [0.1, 0.15) is 68.7 Å². The molecule has 0 bridgehead atoms. The number of rotatable bonds is 12. The van der Waals surface area contributed by atoms with Crippen molar-refractivity contribution in [3.8, 4) is 0 Å². The summed E-state index contributed by atoms with van der Waals surface area (Å²) in [5.41, 5.74) is 9.14. The number of hydrogen-bond donors (Lipinski definition) is 1. The first-order valence-corrected chi connectivity index (χ1v) is 20.0. The Morgan fingerprint density at radius 2 is 1.34 bits per heavy atom. The number of benzene rings is 4. The maximum Gasteiger partial charge on any atom is 0.334 e. The van der Waals surface area contributed by atoms with Gasteiger partial charge < -0.3 is 15.0 Å². The number of ether oxygens (including phenoxy) is 1. The lowest BCUT2D eigenvalue weighted by atomic mass is 9.74. The smallest absolute Gasteiger partial charge is 0.334 e. The van der Waals surface area contributed by atoms with E-state index in [0.717, 1.165) is 46.9 Å². The molecule has 288 valence electrons. The van der Waals surface area contributed by atoms with Crippen LogP contribution in [0.3, 0.4) is 0 Å². The number of carbonyl (C=O) groups is 2. The van der Waals surface area contributed by atoms with Crippen molar-refractivity contribution in [3.05, 3.63) is 154 Å². The van der Waals surface area contributed by atoms with E-state index in [4.69, 9.17) is 14.7 Å². The van der Waals surface area contributed by atoms with E-state index in [1.54, 1.807) is 13.0 Å². The molecule has 8 nitrogen and oxygen atoms in total. The van der Waals surface area contributed by atoms with Gasteiger partial charge in [-0.1, -0.05) is 91.3 Å². The monoisotopic (exact) mass is 747 g/mol. The van der Waals surface area contributed by atoms with Crippen LogP contribution in [-0.2, 0) is 27.4 Å². The Morgan fingerprint density at radius 3 is 1.91 bits per heavy atom. The van der Waals surface area contributed by atoms with Crippen LogP contribution in [0.25, 0.3) is 0 Å². The Hall–Kier alpha value is -5.44. The summed E-state index contributed by atoms with van der Waals surface area (Å²) >= 11 is 0. The molecule has 4 atom stereocenters. The average Bonchev–Trinajstić information content (AvgIpc) is 3.54. The number of piperidine rings is 1. The fourth-order valence-corrected chi connectivity index (χ4v) is 8.38. The predicted octanol–water partition coefficient (Wildman–Crippen LogP) is 8.96. The second kappa shape index (κ2) is 17.6. The molecule has 2 heterocycles. The molecule has 2 aliphatic heterocycles. The van der Waals surface area contributed by atoms with Gasteiger partial charge in [0.25, 0.3) is 0 Å². The van der Waals surface area contributed by atoms with Crippen LogP contribution < -0.4 is 5.32 Å². The Morgan fingerprint density at radius 1 is 0.786 bits per heavy atom. The van der Waals surface area contributed by atoms with Crippen LogP contribution >= 0.6 is 0 Å². The van der Waals surface area contributed by atoms with Crippen LogP contribution in [0.5, 0.6) is 0 Å². The molecular formula is C48H53N5O3. The number of allylic oxidation sites excluding steroid dienone is 1. The summed E-state index contributed by atoms with van der Waals surface area (Å²) in [4.78, 5) is 43.2. The number of esters is 1. The van der Waals surface area contributed by atoms with Crippen molar-refractivity contribution in [2.75, 3.05) is 20.7 Å². The van der Waals surface area contributed by atoms with E-state index >= 15 is 0 Å². The van der Waals surface area contributed by atoms with Gasteiger partial charge in [-0.3, -0.25) is 19.7 Å². The van der Waals surface area contributed by atoms with E-state index in [9.17, 15) is 9.59 Å². The van der Waals surface area contributed by atoms with Crippen LogP contribution in [0.15, 0.2) is 142 Å². The average molecular weight is 748 g/mol. The number of aliphatic imine (C=N–C) groups is 2. The third-order valence-corrected chi connectivity index (χ3v) is 11.2. The van der Waals surface area contributed by atoms with Crippen molar-refractivity contribution in [1.29, 1.82) is 0 Å². The second-order valence-electron chi connectivity index (χ2n) is 15.5. The van der Waals surface area contributed by atoms with Crippen molar-refractivity contribution >= 4 is 34.7 Å². The van der Waals surface area contributed by atoms with Crippen LogP contribution in [0.4, 0.5) is 11.4 Å². The fourth-order valence-electron chi connectivity index (χ4n) is 8.38. The Balaban J connectivity index is 1.34. The zero-order valence-electron chi connectivity index (χ0n) is 33.2. The van der Waals surface area contributed by atoms with E-state index in [1.165, 1.54) is 30.4 Å². The Bertz CT molecular complexity index is 2130. The van der Waals surface area contributed by atoms with Gasteiger partial charge >= 0.3 is 5.97 Å². The normalized spacial score (nSPS) is 21.8. The first-order chi connectivity index (χ1) is 27.2. The summed E-state index contributed by atoms with van der Waals surface area (Å²) in [6.07, 6.45) is 5.85. The summed E-state index contributed by atoms with van der Waals surface area (Å²) in [6.45, 7) is 8.44. The molecule has 1 amide bonds. The second-order valence-corrected chi connectivity index (χ2v) is 15.5. The maximum absolute atomic E-state index is 14.4. The molecule has 0 aromatic heterocycles. The minimum absolute atomic E-state index is 0.189. The summed E-state index contributed by atoms with van der Waals surface area (Å²) in [6, 6.07) is 37.8. The fraction of sp³-hybridized carbons (Fsp3) is 0.333. The summed E-state index contributed by atoms with van der Waals surface area (Å²) < 4.78 is 5.54. The lowest BCUT2D eigenvalue weighted by Gasteiger charge is -2.39. The highest BCUT2D eigenvalue weighted by Crippen LogP contribution is 2.42. The first-order valence-electron chi connectivity index (χ1n) is 20.0. The zero-order chi connectivity index (χ0) is 39.2. The highest BCUT2D eigenvalue weighted by molar-refractivity contribution is 6.20. The largest absolute Gasteiger partial charge is 0.463 e. The van der Waals surface area contributed by atoms with Gasteiger partial charge in [0.1, 0.15) is 5.92 Å². The van der Waals surface area contributed by atoms with Gasteiger partial charge in [0.15, 0.2) is 0 Å². The van der Waals surface area contributed by atoms with Gasteiger partial charge in [0.2, 0.25) is 5.91 Å². The van der Waals surface area contributed by atoms with Gasteiger partial charge in [-0.05, 0) is 112 Å². The lowest BCUT2D eigenvalue weighted by Crippen LogP contribution is -2.42. The summed E-state index contributed by atoms with van der Waals surface area (Å²) in [5, 5.41) is 3.16. The molecule has 4 unspecified atom stereocenters. The molecule has 1 N–H and O–H groups in total. The minimum Gasteiger partial charge on any atom is -0.463 e. The van der Waals surface area contributed by atoms with Gasteiger partial charge in [-0.15, -0.1) is 0 Å². The van der Waals surface area contributed by atoms with Crippen molar-refractivity contribution in [3.63, 3.8) is 0 Å². The Labute approximate surface area is 331 Å². The summed E-state index contributed by atoms with van der Waals surface area (Å²) in [7, 11) is 4.09. The van der Waals surface area contributed by atoms with E-state index in [2.05, 4.69) is 77.5 Å². The third kappa shape index (κ3) is 8.83. The molecule has 1 saturated heterocycles. The third-order valence-electron chi connectivity index (χ3n) is 11.2. The number of hydrogen-bond acceptors (Lipinski definition) is 7. The van der Waals surface area contributed by atoms with Crippen LogP contribution in [0.2, 0.25) is 0 Å². The number of likely N-dealkylation sites (tertiary alicyclic amines) is 1. The molecule has 4 aromatic rings. The van der Waals surface area contributed by atoms with E-state index in [-0.39, 0.29) is 12.5 Å². The molecule has 8 heteroatoms. The van der Waals surface area contributed by atoms with Gasteiger partial charge in [-0.25, -0.2) is 4.79 Å². The molecule has 7 rings (SSSR count). The van der Waals surface area contributed by atoms with Crippen LogP contribution in [-0.4, -0.2) is 65.9 Å². The topological polar surface area (TPSA) is 86.6 Å². The minimum atomic E-state index is -0.733. The standard InChI is InChI=1S/C48H53N5O3/c1-6-56-48(55)38-28-41(45(36-16-9-7-10-17-36)49-39-26-22-35(23-27-39)31-53-32(2)14-13-15-33(53)3)43-42(29-38)51-47(54)44(43)46(37-18-11-8-12-19-37)50-40-24-20-34(21-25-40)30-52(4)5/h7-12,16-27,29,32-33,41,44H,6,13-15,28,30-31H2,1-5H3,(H,51,54). The zero-order valence-corrected chi connectivity index (χ0v) is 33.2. The highest BCUT2D eigenvalue weighted by atomic mass is 16.5. The first kappa shape index (κ1) is 38.8. The van der Waals surface area contributed by atoms with Crippen molar-refractivity contribution in [1.82, 2.24) is 15.1 Å². The van der Waals surface area contributed by atoms with Crippen LogP contribution in [0, 0.1) is 11.8 Å². The van der Waals surface area contributed by atoms with Crippen molar-refractivity contribution in [2.24, 2.45) is 21.8 Å². The maximum atomic E-state index is 14.4.